The molecule has 11 heavy (non-hydrogen) atoms. The Morgan fingerprint density at radius 3 is 3.18 bits per heavy atom. The SMILES string of the molecule is CC1CC(C)N2CCN=C2N1. The maximum atomic E-state index is 4.39. The van der Waals surface area contributed by atoms with Gasteiger partial charge in [0.05, 0.1) is 6.54 Å². The number of hydrogen-bond donors (Lipinski definition) is 1. The van der Waals surface area contributed by atoms with E-state index in [4.69, 9.17) is 0 Å². The van der Waals surface area contributed by atoms with E-state index in [0.717, 1.165) is 19.0 Å². The second kappa shape index (κ2) is 2.40. The van der Waals surface area contributed by atoms with Gasteiger partial charge in [0.1, 0.15) is 0 Å². The molecule has 1 saturated heterocycles. The molecule has 0 saturated carbocycles. The molecule has 2 atom stereocenters. The number of fused-ring (bicyclic) bond motifs is 1. The highest BCUT2D eigenvalue weighted by Crippen LogP contribution is 2.15. The first-order chi connectivity index (χ1) is 5.27. The molecule has 0 radical (unpaired) electrons. The van der Waals surface area contributed by atoms with E-state index in [1.54, 1.807) is 0 Å². The Bertz CT molecular complexity index is 188. The summed E-state index contributed by atoms with van der Waals surface area (Å²) in [4.78, 5) is 6.75. The fourth-order valence-corrected chi connectivity index (χ4v) is 1.94. The molecule has 0 spiro atoms. The lowest BCUT2D eigenvalue weighted by Crippen LogP contribution is -2.53. The molecular weight excluding hydrogens is 138 g/mol. The Hall–Kier alpha value is -0.730. The normalized spacial score (nSPS) is 36.2. The zero-order valence-corrected chi connectivity index (χ0v) is 7.17. The van der Waals surface area contributed by atoms with E-state index in [1.807, 2.05) is 0 Å². The van der Waals surface area contributed by atoms with Gasteiger partial charge in [-0.25, -0.2) is 0 Å². The van der Waals surface area contributed by atoms with Crippen LogP contribution >= 0.6 is 0 Å². The smallest absolute Gasteiger partial charge is 0.194 e. The minimum absolute atomic E-state index is 0.595. The Balaban J connectivity index is 2.13. The molecule has 3 heteroatoms. The summed E-state index contributed by atoms with van der Waals surface area (Å²) in [5.74, 6) is 1.12. The van der Waals surface area contributed by atoms with Crippen molar-refractivity contribution in [1.29, 1.82) is 0 Å². The predicted molar refractivity (Wildman–Crippen MR) is 45.7 cm³/mol. The van der Waals surface area contributed by atoms with Gasteiger partial charge in [0.2, 0.25) is 0 Å². The maximum Gasteiger partial charge on any atom is 0.194 e. The summed E-state index contributed by atoms with van der Waals surface area (Å²) < 4.78 is 0. The lowest BCUT2D eigenvalue weighted by atomic mass is 10.1. The van der Waals surface area contributed by atoms with Crippen LogP contribution in [0.1, 0.15) is 20.3 Å². The van der Waals surface area contributed by atoms with E-state index in [2.05, 4.69) is 29.1 Å². The highest BCUT2D eigenvalue weighted by Gasteiger charge is 2.28. The Morgan fingerprint density at radius 2 is 2.36 bits per heavy atom. The zero-order chi connectivity index (χ0) is 7.84. The van der Waals surface area contributed by atoms with Crippen molar-refractivity contribution in [3.63, 3.8) is 0 Å². The number of nitrogens with one attached hydrogen (secondary N) is 1. The average Bonchev–Trinajstić information content (AvgIpc) is 2.34. The first-order valence-corrected chi connectivity index (χ1v) is 4.35. The van der Waals surface area contributed by atoms with Crippen LogP contribution in [0.15, 0.2) is 4.99 Å². The lowest BCUT2D eigenvalue weighted by molar-refractivity contribution is 0.276. The second-order valence-corrected chi connectivity index (χ2v) is 3.53. The third-order valence-corrected chi connectivity index (χ3v) is 2.48. The van der Waals surface area contributed by atoms with Gasteiger partial charge in [-0.05, 0) is 20.3 Å². The molecule has 3 nitrogen and oxygen atoms in total. The summed E-state index contributed by atoms with van der Waals surface area (Å²) in [6, 6.07) is 1.27. The number of rotatable bonds is 0. The van der Waals surface area contributed by atoms with E-state index in [1.165, 1.54) is 6.42 Å². The Labute approximate surface area is 67.5 Å². The van der Waals surface area contributed by atoms with Gasteiger partial charge in [-0.15, -0.1) is 0 Å². The van der Waals surface area contributed by atoms with Crippen LogP contribution in [0.2, 0.25) is 0 Å². The van der Waals surface area contributed by atoms with Crippen molar-refractivity contribution in [3.8, 4) is 0 Å². The molecular formula is C8H15N3. The summed E-state index contributed by atoms with van der Waals surface area (Å²) in [5.41, 5.74) is 0. The van der Waals surface area contributed by atoms with E-state index in [-0.39, 0.29) is 0 Å². The van der Waals surface area contributed by atoms with Crippen molar-refractivity contribution in [2.24, 2.45) is 4.99 Å². The number of aliphatic imine (C=N–C) groups is 1. The van der Waals surface area contributed by atoms with Crippen LogP contribution < -0.4 is 5.32 Å². The molecule has 0 aromatic rings. The van der Waals surface area contributed by atoms with Crippen molar-refractivity contribution in [2.45, 2.75) is 32.4 Å². The molecule has 2 unspecified atom stereocenters. The van der Waals surface area contributed by atoms with Crippen molar-refractivity contribution < 1.29 is 0 Å². The monoisotopic (exact) mass is 153 g/mol. The Kier molecular flexibility index (Phi) is 1.51. The van der Waals surface area contributed by atoms with E-state index >= 15 is 0 Å². The van der Waals surface area contributed by atoms with Crippen molar-refractivity contribution in [2.75, 3.05) is 13.1 Å². The summed E-state index contributed by atoms with van der Waals surface area (Å²) >= 11 is 0. The van der Waals surface area contributed by atoms with Crippen LogP contribution in [0, 0.1) is 0 Å². The third-order valence-electron chi connectivity index (χ3n) is 2.48. The minimum atomic E-state index is 0.595. The molecule has 0 aromatic carbocycles. The second-order valence-electron chi connectivity index (χ2n) is 3.53. The molecule has 0 aromatic heterocycles. The van der Waals surface area contributed by atoms with Gasteiger partial charge in [-0.2, -0.15) is 0 Å². The Morgan fingerprint density at radius 1 is 1.55 bits per heavy atom. The fourth-order valence-electron chi connectivity index (χ4n) is 1.94. The molecule has 1 N–H and O–H groups in total. The van der Waals surface area contributed by atoms with Crippen LogP contribution in [-0.4, -0.2) is 36.0 Å². The van der Waals surface area contributed by atoms with Crippen molar-refractivity contribution >= 4 is 5.96 Å². The maximum absolute atomic E-state index is 4.39. The minimum Gasteiger partial charge on any atom is -0.354 e. The molecule has 2 heterocycles. The van der Waals surface area contributed by atoms with Crippen LogP contribution in [0.25, 0.3) is 0 Å². The average molecular weight is 153 g/mol. The first-order valence-electron chi connectivity index (χ1n) is 4.35. The first kappa shape index (κ1) is 6.95. The van der Waals surface area contributed by atoms with Crippen LogP contribution in [0.3, 0.4) is 0 Å². The van der Waals surface area contributed by atoms with Gasteiger partial charge in [0.25, 0.3) is 0 Å². The highest BCUT2D eigenvalue weighted by molar-refractivity contribution is 5.82. The lowest BCUT2D eigenvalue weighted by Gasteiger charge is -2.36. The van der Waals surface area contributed by atoms with Gasteiger partial charge < -0.3 is 10.2 Å². The van der Waals surface area contributed by atoms with Gasteiger partial charge >= 0.3 is 0 Å². The number of nitrogens with zero attached hydrogens (tertiary/aromatic N) is 2. The third kappa shape index (κ3) is 1.08. The van der Waals surface area contributed by atoms with Gasteiger partial charge in [0.15, 0.2) is 5.96 Å². The number of hydrogen-bond acceptors (Lipinski definition) is 3. The van der Waals surface area contributed by atoms with Gasteiger partial charge in [-0.3, -0.25) is 4.99 Å². The summed E-state index contributed by atoms with van der Waals surface area (Å²) in [7, 11) is 0. The molecule has 0 bridgehead atoms. The van der Waals surface area contributed by atoms with Crippen LogP contribution in [0.5, 0.6) is 0 Å². The molecule has 2 aliphatic heterocycles. The van der Waals surface area contributed by atoms with Crippen molar-refractivity contribution in [1.82, 2.24) is 10.2 Å². The molecule has 2 aliphatic rings. The number of guanidine groups is 1. The summed E-state index contributed by atoms with van der Waals surface area (Å²) in [6.07, 6.45) is 1.24. The van der Waals surface area contributed by atoms with E-state index in [0.29, 0.717) is 12.1 Å². The standard InChI is InChI=1S/C8H15N3/c1-6-5-7(2)11-4-3-9-8(11)10-6/h6-7H,3-5H2,1-2H3,(H,9,10). The highest BCUT2D eigenvalue weighted by atomic mass is 15.4. The predicted octanol–water partition coefficient (Wildman–Crippen LogP) is 0.428. The molecule has 2 rings (SSSR count). The largest absolute Gasteiger partial charge is 0.354 e. The quantitative estimate of drug-likeness (QED) is 0.546. The van der Waals surface area contributed by atoms with Gasteiger partial charge in [-0.1, -0.05) is 0 Å². The van der Waals surface area contributed by atoms with Crippen molar-refractivity contribution in [3.05, 3.63) is 0 Å². The van der Waals surface area contributed by atoms with E-state index in [9.17, 15) is 0 Å². The fraction of sp³-hybridized carbons (Fsp3) is 0.875. The molecule has 62 valence electrons. The van der Waals surface area contributed by atoms with Crippen LogP contribution in [-0.2, 0) is 0 Å². The molecule has 0 aliphatic carbocycles. The summed E-state index contributed by atoms with van der Waals surface area (Å²) in [5, 5.41) is 3.38. The van der Waals surface area contributed by atoms with E-state index < -0.39 is 0 Å². The molecule has 0 amide bonds. The zero-order valence-electron chi connectivity index (χ0n) is 7.17. The molecule has 1 fully saturated rings. The van der Waals surface area contributed by atoms with Gasteiger partial charge in [0, 0.05) is 18.6 Å². The topological polar surface area (TPSA) is 27.6 Å². The van der Waals surface area contributed by atoms with Crippen LogP contribution in [0.4, 0.5) is 0 Å². The summed E-state index contributed by atoms with van der Waals surface area (Å²) in [6.45, 7) is 6.57.